The van der Waals surface area contributed by atoms with E-state index >= 15 is 0 Å². The van der Waals surface area contributed by atoms with Gasteiger partial charge in [0.25, 0.3) is 0 Å². The first-order valence-electron chi connectivity index (χ1n) is 6.02. The Balaban J connectivity index is 2.02. The van der Waals surface area contributed by atoms with Crippen LogP contribution in [0.2, 0.25) is 0 Å². The minimum atomic E-state index is 0.0915. The van der Waals surface area contributed by atoms with Crippen LogP contribution in [0.15, 0.2) is 30.3 Å². The first-order chi connectivity index (χ1) is 7.63. The van der Waals surface area contributed by atoms with Crippen molar-refractivity contribution in [3.8, 4) is 0 Å². The van der Waals surface area contributed by atoms with Gasteiger partial charge in [0.2, 0.25) is 0 Å². The maximum Gasteiger partial charge on any atom is 0.0497 e. The molecule has 1 aromatic rings. The lowest BCUT2D eigenvalue weighted by Gasteiger charge is -2.23. The molecular formula is C14H21NO. The molecule has 2 heteroatoms. The summed E-state index contributed by atoms with van der Waals surface area (Å²) in [6.45, 7) is 6.72. The highest BCUT2D eigenvalue weighted by Gasteiger charge is 2.37. The van der Waals surface area contributed by atoms with E-state index in [-0.39, 0.29) is 5.41 Å². The van der Waals surface area contributed by atoms with Crippen molar-refractivity contribution in [3.05, 3.63) is 35.9 Å². The number of aliphatic hydroxyl groups excluding tert-OH is 1. The van der Waals surface area contributed by atoms with Crippen molar-refractivity contribution in [2.45, 2.75) is 32.9 Å². The molecule has 16 heavy (non-hydrogen) atoms. The van der Waals surface area contributed by atoms with Crippen LogP contribution in [0.3, 0.4) is 0 Å². The Morgan fingerprint density at radius 1 is 1.38 bits per heavy atom. The van der Waals surface area contributed by atoms with E-state index in [2.05, 4.69) is 49.1 Å². The van der Waals surface area contributed by atoms with Gasteiger partial charge >= 0.3 is 0 Å². The molecule has 0 spiro atoms. The van der Waals surface area contributed by atoms with Gasteiger partial charge in [0.15, 0.2) is 0 Å². The molecule has 1 fully saturated rings. The highest BCUT2D eigenvalue weighted by Crippen LogP contribution is 2.34. The Morgan fingerprint density at radius 3 is 2.62 bits per heavy atom. The van der Waals surface area contributed by atoms with Gasteiger partial charge < -0.3 is 5.11 Å². The van der Waals surface area contributed by atoms with E-state index in [0.29, 0.717) is 12.6 Å². The number of hydrogen-bond donors (Lipinski definition) is 1. The number of benzene rings is 1. The Kier molecular flexibility index (Phi) is 3.31. The number of rotatable bonds is 3. The standard InChI is InChI=1S/C14H21NO/c1-12-8-14(2,11-16)10-15(12)9-13-6-4-3-5-7-13/h3-7,12,16H,8-11H2,1-2H3/t12-,14-/m1/s1. The van der Waals surface area contributed by atoms with Gasteiger partial charge in [-0.25, -0.2) is 0 Å². The third-order valence-electron chi connectivity index (χ3n) is 3.61. The lowest BCUT2D eigenvalue weighted by atomic mass is 9.89. The zero-order chi connectivity index (χ0) is 11.6. The Labute approximate surface area is 97.9 Å². The van der Waals surface area contributed by atoms with E-state index in [1.807, 2.05) is 0 Å². The largest absolute Gasteiger partial charge is 0.396 e. The van der Waals surface area contributed by atoms with Crippen molar-refractivity contribution < 1.29 is 5.11 Å². The molecule has 0 aliphatic carbocycles. The quantitative estimate of drug-likeness (QED) is 0.843. The van der Waals surface area contributed by atoms with E-state index in [1.165, 1.54) is 5.56 Å². The fraction of sp³-hybridized carbons (Fsp3) is 0.571. The number of nitrogens with zero attached hydrogens (tertiary/aromatic N) is 1. The van der Waals surface area contributed by atoms with Crippen molar-refractivity contribution in [2.24, 2.45) is 5.41 Å². The Morgan fingerprint density at radius 2 is 2.06 bits per heavy atom. The molecule has 1 saturated heterocycles. The minimum Gasteiger partial charge on any atom is -0.396 e. The van der Waals surface area contributed by atoms with Crippen molar-refractivity contribution in [1.82, 2.24) is 4.90 Å². The summed E-state index contributed by atoms with van der Waals surface area (Å²) < 4.78 is 0. The van der Waals surface area contributed by atoms with Crippen molar-refractivity contribution in [3.63, 3.8) is 0 Å². The van der Waals surface area contributed by atoms with Crippen LogP contribution in [0.5, 0.6) is 0 Å². The molecule has 0 aromatic heterocycles. The van der Waals surface area contributed by atoms with E-state index in [4.69, 9.17) is 0 Å². The molecule has 2 nitrogen and oxygen atoms in total. The van der Waals surface area contributed by atoms with Crippen LogP contribution in [0.4, 0.5) is 0 Å². The second-order valence-electron chi connectivity index (χ2n) is 5.41. The van der Waals surface area contributed by atoms with Gasteiger partial charge in [-0.3, -0.25) is 4.90 Å². The summed E-state index contributed by atoms with van der Waals surface area (Å²) in [6.07, 6.45) is 1.09. The summed E-state index contributed by atoms with van der Waals surface area (Å²) in [4.78, 5) is 2.46. The van der Waals surface area contributed by atoms with Crippen LogP contribution in [-0.2, 0) is 6.54 Å². The number of likely N-dealkylation sites (tertiary alicyclic amines) is 1. The Hall–Kier alpha value is -0.860. The van der Waals surface area contributed by atoms with Gasteiger partial charge in [0.05, 0.1) is 0 Å². The molecular weight excluding hydrogens is 198 g/mol. The second kappa shape index (κ2) is 4.56. The summed E-state index contributed by atoms with van der Waals surface area (Å²) in [5, 5.41) is 9.40. The molecule has 1 aliphatic rings. The summed E-state index contributed by atoms with van der Waals surface area (Å²) in [5.74, 6) is 0. The molecule has 0 saturated carbocycles. The molecule has 2 atom stereocenters. The van der Waals surface area contributed by atoms with E-state index in [9.17, 15) is 5.11 Å². The zero-order valence-corrected chi connectivity index (χ0v) is 10.2. The molecule has 0 bridgehead atoms. The highest BCUT2D eigenvalue weighted by atomic mass is 16.3. The van der Waals surface area contributed by atoms with Gasteiger partial charge in [0.1, 0.15) is 0 Å². The second-order valence-corrected chi connectivity index (χ2v) is 5.41. The SMILES string of the molecule is C[C@@H]1C[C@@](C)(CO)CN1Cc1ccccc1. The van der Waals surface area contributed by atoms with Crippen LogP contribution < -0.4 is 0 Å². The fourth-order valence-electron chi connectivity index (χ4n) is 2.70. The smallest absolute Gasteiger partial charge is 0.0497 e. The normalized spacial score (nSPS) is 30.8. The van der Waals surface area contributed by atoms with E-state index < -0.39 is 0 Å². The van der Waals surface area contributed by atoms with Crippen LogP contribution in [0.25, 0.3) is 0 Å². The lowest BCUT2D eigenvalue weighted by molar-refractivity contribution is 0.143. The molecule has 0 amide bonds. The molecule has 2 rings (SSSR count). The molecule has 1 aliphatic heterocycles. The molecule has 0 unspecified atom stereocenters. The third-order valence-corrected chi connectivity index (χ3v) is 3.61. The first-order valence-corrected chi connectivity index (χ1v) is 6.02. The van der Waals surface area contributed by atoms with Gasteiger partial charge in [0, 0.05) is 31.2 Å². The van der Waals surface area contributed by atoms with Gasteiger partial charge in [-0.15, -0.1) is 0 Å². The van der Waals surface area contributed by atoms with Crippen LogP contribution in [0.1, 0.15) is 25.8 Å². The molecule has 1 aromatic carbocycles. The van der Waals surface area contributed by atoms with Crippen molar-refractivity contribution in [2.75, 3.05) is 13.2 Å². The predicted molar refractivity (Wildman–Crippen MR) is 66.1 cm³/mol. The summed E-state index contributed by atoms with van der Waals surface area (Å²) in [6, 6.07) is 11.1. The van der Waals surface area contributed by atoms with Crippen LogP contribution in [0, 0.1) is 5.41 Å². The lowest BCUT2D eigenvalue weighted by Crippen LogP contribution is -2.29. The van der Waals surface area contributed by atoms with Crippen molar-refractivity contribution >= 4 is 0 Å². The summed E-state index contributed by atoms with van der Waals surface area (Å²) >= 11 is 0. The van der Waals surface area contributed by atoms with Crippen LogP contribution >= 0.6 is 0 Å². The predicted octanol–water partition coefficient (Wildman–Crippen LogP) is 2.28. The number of hydrogen-bond acceptors (Lipinski definition) is 2. The first kappa shape index (κ1) is 11.6. The van der Waals surface area contributed by atoms with Crippen LogP contribution in [-0.4, -0.2) is 29.2 Å². The summed E-state index contributed by atoms with van der Waals surface area (Å²) in [7, 11) is 0. The highest BCUT2D eigenvalue weighted by molar-refractivity contribution is 5.15. The van der Waals surface area contributed by atoms with Gasteiger partial charge in [-0.2, -0.15) is 0 Å². The molecule has 88 valence electrons. The fourth-order valence-corrected chi connectivity index (χ4v) is 2.70. The summed E-state index contributed by atoms with van der Waals surface area (Å²) in [5.41, 5.74) is 1.45. The van der Waals surface area contributed by atoms with Crippen molar-refractivity contribution in [1.29, 1.82) is 0 Å². The molecule has 1 heterocycles. The van der Waals surface area contributed by atoms with Gasteiger partial charge in [-0.1, -0.05) is 37.3 Å². The maximum atomic E-state index is 9.40. The molecule has 1 N–H and O–H groups in total. The zero-order valence-electron chi connectivity index (χ0n) is 10.2. The monoisotopic (exact) mass is 219 g/mol. The topological polar surface area (TPSA) is 23.5 Å². The average molecular weight is 219 g/mol. The third kappa shape index (κ3) is 2.45. The minimum absolute atomic E-state index is 0.0915. The molecule has 0 radical (unpaired) electrons. The van der Waals surface area contributed by atoms with Gasteiger partial charge in [-0.05, 0) is 18.9 Å². The van der Waals surface area contributed by atoms with E-state index in [1.54, 1.807) is 0 Å². The average Bonchev–Trinajstić information content (AvgIpc) is 2.57. The Bertz CT molecular complexity index is 338. The number of aliphatic hydroxyl groups is 1. The van der Waals surface area contributed by atoms with E-state index in [0.717, 1.165) is 19.5 Å². The maximum absolute atomic E-state index is 9.40.